The lowest BCUT2D eigenvalue weighted by molar-refractivity contribution is -0.137. The van der Waals surface area contributed by atoms with Crippen LogP contribution in [0.3, 0.4) is 0 Å². The van der Waals surface area contributed by atoms with Gasteiger partial charge in [0.15, 0.2) is 0 Å². The van der Waals surface area contributed by atoms with Crippen LogP contribution in [0.4, 0.5) is 0 Å². The average molecular weight is 376 g/mol. The molecule has 0 saturated heterocycles. The molecule has 0 atom stereocenters. The normalized spacial score (nSPS) is 16.3. The molecule has 0 bridgehead atoms. The van der Waals surface area contributed by atoms with E-state index in [2.05, 4.69) is 5.32 Å². The van der Waals surface area contributed by atoms with Crippen molar-refractivity contribution in [3.63, 3.8) is 0 Å². The second kappa shape index (κ2) is 9.71. The van der Waals surface area contributed by atoms with Crippen molar-refractivity contribution in [1.82, 2.24) is 10.2 Å². The van der Waals surface area contributed by atoms with Gasteiger partial charge in [0.05, 0.1) is 19.8 Å². The highest BCUT2D eigenvalue weighted by atomic mass is 16.5. The summed E-state index contributed by atoms with van der Waals surface area (Å²) in [6.45, 7) is 2.39. The highest BCUT2D eigenvalue weighted by Crippen LogP contribution is 2.25. The number of nitrogens with zero attached hydrogens (tertiary/aromatic N) is 1. The lowest BCUT2D eigenvalue weighted by atomic mass is 10.0. The van der Waals surface area contributed by atoms with Gasteiger partial charge >= 0.3 is 0 Å². The topological polar surface area (TPSA) is 77.1 Å². The molecule has 7 nitrogen and oxygen atoms in total. The van der Waals surface area contributed by atoms with Crippen molar-refractivity contribution in [3.8, 4) is 5.75 Å². The molecule has 1 saturated carbocycles. The minimum atomic E-state index is -0.0585. The summed E-state index contributed by atoms with van der Waals surface area (Å²) in [4.78, 5) is 26.0. The fourth-order valence-electron chi connectivity index (χ4n) is 2.99. The summed E-state index contributed by atoms with van der Waals surface area (Å²) in [5.74, 6) is 0.849. The van der Waals surface area contributed by atoms with Crippen LogP contribution in [0.5, 0.6) is 5.75 Å². The first-order chi connectivity index (χ1) is 13.2. The first-order valence-corrected chi connectivity index (χ1v) is 9.54. The Labute approximate surface area is 160 Å². The van der Waals surface area contributed by atoms with Crippen molar-refractivity contribution < 1.29 is 23.8 Å². The van der Waals surface area contributed by atoms with Crippen LogP contribution in [0, 0.1) is 0 Å². The van der Waals surface area contributed by atoms with E-state index in [1.807, 2.05) is 18.2 Å². The molecule has 1 heterocycles. The molecule has 0 unspecified atom stereocenters. The van der Waals surface area contributed by atoms with Gasteiger partial charge in [-0.3, -0.25) is 9.59 Å². The molecule has 7 heteroatoms. The summed E-state index contributed by atoms with van der Waals surface area (Å²) in [6, 6.07) is 6.36. The number of hydrogen-bond acceptors (Lipinski definition) is 5. The van der Waals surface area contributed by atoms with E-state index < -0.39 is 0 Å². The maximum absolute atomic E-state index is 12.4. The van der Waals surface area contributed by atoms with Crippen molar-refractivity contribution in [3.05, 3.63) is 29.3 Å². The van der Waals surface area contributed by atoms with Gasteiger partial charge in [0.1, 0.15) is 19.0 Å². The zero-order valence-corrected chi connectivity index (χ0v) is 15.9. The Hall–Kier alpha value is -2.12. The number of carbonyl (C=O) groups excluding carboxylic acids is 2. The molecule has 27 heavy (non-hydrogen) atoms. The third kappa shape index (κ3) is 6.22. The molecular formula is C20H28N2O5. The molecule has 0 spiro atoms. The number of benzene rings is 1. The molecule has 2 amide bonds. The Morgan fingerprint density at radius 3 is 2.93 bits per heavy atom. The molecular weight excluding hydrogens is 348 g/mol. The maximum atomic E-state index is 12.4. The van der Waals surface area contributed by atoms with E-state index in [-0.39, 0.29) is 18.4 Å². The van der Waals surface area contributed by atoms with Crippen LogP contribution in [0.15, 0.2) is 18.2 Å². The molecule has 1 N–H and O–H groups in total. The van der Waals surface area contributed by atoms with Gasteiger partial charge in [-0.2, -0.15) is 0 Å². The number of methoxy groups -OCH3 is 1. The SMILES string of the molecule is COCCOCC(=O)N1CCOc2ccc(CCC(=O)NC3CC3)cc2C1. The van der Waals surface area contributed by atoms with Crippen LogP contribution in [0.2, 0.25) is 0 Å². The van der Waals surface area contributed by atoms with E-state index >= 15 is 0 Å². The average Bonchev–Trinajstić information content (AvgIpc) is 3.49. The fourth-order valence-corrected chi connectivity index (χ4v) is 2.99. The van der Waals surface area contributed by atoms with Crippen molar-refractivity contribution in [2.24, 2.45) is 0 Å². The minimum absolute atomic E-state index is 0.0414. The number of hydrogen-bond donors (Lipinski definition) is 1. The third-order valence-electron chi connectivity index (χ3n) is 4.70. The summed E-state index contributed by atoms with van der Waals surface area (Å²) in [5, 5.41) is 3.01. The zero-order valence-electron chi connectivity index (χ0n) is 15.9. The lowest BCUT2D eigenvalue weighted by Crippen LogP contribution is -2.35. The number of carbonyl (C=O) groups is 2. The third-order valence-corrected chi connectivity index (χ3v) is 4.70. The zero-order chi connectivity index (χ0) is 19.1. The molecule has 148 valence electrons. The van der Waals surface area contributed by atoms with E-state index in [1.54, 1.807) is 12.0 Å². The van der Waals surface area contributed by atoms with E-state index in [4.69, 9.17) is 14.2 Å². The van der Waals surface area contributed by atoms with Gasteiger partial charge in [-0.25, -0.2) is 0 Å². The first-order valence-electron chi connectivity index (χ1n) is 9.54. The van der Waals surface area contributed by atoms with Gasteiger partial charge < -0.3 is 24.4 Å². The van der Waals surface area contributed by atoms with E-state index in [9.17, 15) is 9.59 Å². The molecule has 3 rings (SSSR count). The number of ether oxygens (including phenoxy) is 3. The maximum Gasteiger partial charge on any atom is 0.248 e. The number of aryl methyl sites for hydroxylation is 1. The molecule has 0 aromatic heterocycles. The lowest BCUT2D eigenvalue weighted by Gasteiger charge is -2.20. The molecule has 1 fully saturated rings. The fraction of sp³-hybridized carbons (Fsp3) is 0.600. The molecule has 0 radical (unpaired) electrons. The van der Waals surface area contributed by atoms with Crippen LogP contribution in [-0.2, 0) is 32.0 Å². The van der Waals surface area contributed by atoms with Crippen LogP contribution in [0.25, 0.3) is 0 Å². The van der Waals surface area contributed by atoms with E-state index in [0.29, 0.717) is 51.8 Å². The van der Waals surface area contributed by atoms with Gasteiger partial charge in [-0.15, -0.1) is 0 Å². The van der Waals surface area contributed by atoms with Crippen LogP contribution >= 0.6 is 0 Å². The predicted molar refractivity (Wildman–Crippen MR) is 99.5 cm³/mol. The van der Waals surface area contributed by atoms with Gasteiger partial charge in [0.2, 0.25) is 11.8 Å². The summed E-state index contributed by atoms with van der Waals surface area (Å²) in [5.41, 5.74) is 2.05. The molecule has 1 aromatic rings. The summed E-state index contributed by atoms with van der Waals surface area (Å²) in [7, 11) is 1.60. The largest absolute Gasteiger partial charge is 0.491 e. The number of amides is 2. The van der Waals surface area contributed by atoms with E-state index in [1.165, 1.54) is 0 Å². The summed E-state index contributed by atoms with van der Waals surface area (Å²) >= 11 is 0. The van der Waals surface area contributed by atoms with E-state index in [0.717, 1.165) is 29.7 Å². The van der Waals surface area contributed by atoms with Crippen LogP contribution in [0.1, 0.15) is 30.4 Å². The molecule has 2 aliphatic rings. The van der Waals surface area contributed by atoms with Crippen molar-refractivity contribution >= 4 is 11.8 Å². The van der Waals surface area contributed by atoms with Crippen molar-refractivity contribution in [1.29, 1.82) is 0 Å². The Balaban J connectivity index is 1.54. The number of rotatable bonds is 9. The van der Waals surface area contributed by atoms with Gasteiger partial charge in [-0.05, 0) is 30.9 Å². The number of fused-ring (bicyclic) bond motifs is 1. The highest BCUT2D eigenvalue weighted by Gasteiger charge is 2.23. The smallest absolute Gasteiger partial charge is 0.248 e. The standard InChI is InChI=1S/C20H28N2O5/c1-25-10-11-26-14-20(24)22-8-9-27-18-6-2-15(12-16(18)13-22)3-7-19(23)21-17-4-5-17/h2,6,12,17H,3-5,7-11,13-14H2,1H3,(H,21,23). The van der Waals surface area contributed by atoms with Crippen LogP contribution < -0.4 is 10.1 Å². The molecule has 1 aromatic carbocycles. The van der Waals surface area contributed by atoms with Gasteiger partial charge in [0, 0.05) is 31.7 Å². The predicted octanol–water partition coefficient (Wildman–Crippen LogP) is 1.28. The Kier molecular flexibility index (Phi) is 7.06. The summed E-state index contributed by atoms with van der Waals surface area (Å²) < 4.78 is 16.0. The van der Waals surface area contributed by atoms with Crippen molar-refractivity contribution in [2.45, 2.75) is 38.3 Å². The minimum Gasteiger partial charge on any atom is -0.491 e. The second-order valence-corrected chi connectivity index (χ2v) is 6.99. The van der Waals surface area contributed by atoms with Crippen molar-refractivity contribution in [2.75, 3.05) is 40.1 Å². The number of nitrogens with one attached hydrogen (secondary N) is 1. The molecule has 1 aliphatic carbocycles. The molecule has 1 aliphatic heterocycles. The monoisotopic (exact) mass is 376 g/mol. The van der Waals surface area contributed by atoms with Gasteiger partial charge in [0.25, 0.3) is 0 Å². The second-order valence-electron chi connectivity index (χ2n) is 6.99. The Morgan fingerprint density at radius 1 is 1.30 bits per heavy atom. The first kappa shape index (κ1) is 19.6. The Morgan fingerprint density at radius 2 is 2.15 bits per heavy atom. The summed E-state index contributed by atoms with van der Waals surface area (Å²) in [6.07, 6.45) is 3.36. The Bertz CT molecular complexity index is 660. The van der Waals surface area contributed by atoms with Gasteiger partial charge in [-0.1, -0.05) is 12.1 Å². The van der Waals surface area contributed by atoms with Crippen LogP contribution in [-0.4, -0.2) is 62.8 Å². The highest BCUT2D eigenvalue weighted by molar-refractivity contribution is 5.78. The quantitative estimate of drug-likeness (QED) is 0.657.